The first-order valence-corrected chi connectivity index (χ1v) is 18.5. The summed E-state index contributed by atoms with van der Waals surface area (Å²) in [5, 5.41) is 31.1. The number of H-pyrrole nitrogens is 1. The molecule has 1 atom stereocenters. The van der Waals surface area contributed by atoms with Crippen LogP contribution in [-0.2, 0) is 19.3 Å². The van der Waals surface area contributed by atoms with Gasteiger partial charge in [-0.3, -0.25) is 19.7 Å². The quantitative estimate of drug-likeness (QED) is 0.0686. The van der Waals surface area contributed by atoms with Crippen molar-refractivity contribution >= 4 is 22.5 Å². The van der Waals surface area contributed by atoms with Gasteiger partial charge in [-0.15, -0.1) is 5.11 Å². The molecule has 58 heavy (non-hydrogen) atoms. The van der Waals surface area contributed by atoms with Crippen molar-refractivity contribution in [2.24, 2.45) is 16.1 Å². The zero-order chi connectivity index (χ0) is 41.5. The minimum atomic E-state index is -0.631. The number of amides is 1. The number of nitrogens with zero attached hydrogens (tertiary/aromatic N) is 6. The number of pyridine rings is 1. The van der Waals surface area contributed by atoms with Gasteiger partial charge in [-0.1, -0.05) is 35.6 Å². The van der Waals surface area contributed by atoms with Gasteiger partial charge in [0.15, 0.2) is 46.0 Å². The first kappa shape index (κ1) is 40.8. The molecule has 2 aromatic heterocycles. The van der Waals surface area contributed by atoms with E-state index in [1.165, 1.54) is 22.5 Å². The molecule has 8 rings (SSSR count). The van der Waals surface area contributed by atoms with E-state index in [1.807, 2.05) is 48.7 Å². The Morgan fingerprint density at radius 3 is 2.34 bits per heavy atom. The van der Waals surface area contributed by atoms with Crippen LogP contribution in [0, 0.1) is 0 Å². The van der Waals surface area contributed by atoms with E-state index < -0.39 is 5.91 Å². The molecule has 1 aliphatic heterocycles. The van der Waals surface area contributed by atoms with Crippen molar-refractivity contribution in [3.8, 4) is 45.6 Å². The Morgan fingerprint density at radius 2 is 1.64 bits per heavy atom. The van der Waals surface area contributed by atoms with Crippen molar-refractivity contribution in [2.75, 3.05) is 56.1 Å². The van der Waals surface area contributed by atoms with Crippen LogP contribution in [-0.4, -0.2) is 97.1 Å². The average molecular weight is 789 g/mol. The lowest BCUT2D eigenvalue weighted by Gasteiger charge is -2.39. The number of fused-ring (bicyclic) bond motifs is 3. The number of primary amides is 1. The first-order chi connectivity index (χ1) is 28.0. The Balaban J connectivity index is 0.000000154. The Hall–Kier alpha value is -6.87. The molecular weight excluding hydrogens is 741 g/mol. The number of methoxy groups -OCH3 is 4. The van der Waals surface area contributed by atoms with Gasteiger partial charge in [-0.25, -0.2) is 4.98 Å². The number of nitrogens with one attached hydrogen (secondary N) is 1. The van der Waals surface area contributed by atoms with Gasteiger partial charge in [0.05, 0.1) is 40.5 Å². The van der Waals surface area contributed by atoms with Crippen LogP contribution in [0.1, 0.15) is 44.5 Å². The standard InChI is InChI=1S/C20H21NO4.C17H17NO2.C6H10N6O/c1-22-17-6-5-13(10-18(17)23-2)9-16-15-12-20(25-4)19(24-3)11-14(15)7-8-21-16;1-18-8-7-10-3-2-4-12-15(10)13(18)9-11-5-6-14(19)17(20)16(11)12;1-12(2)11-10-6-4(5(7)13)8-3-9-6/h5-8,10-12H,9H2,1-4H3;2-6,13,19-20H,7-9H2,1H3;3H,1-2H3,(H2,7,13)(H,8,9)/b;;11-10+/t;13-;/m.1./s1. The summed E-state index contributed by atoms with van der Waals surface area (Å²) >= 11 is 0. The summed E-state index contributed by atoms with van der Waals surface area (Å²) in [4.78, 5) is 24.0. The minimum Gasteiger partial charge on any atom is -0.504 e. The summed E-state index contributed by atoms with van der Waals surface area (Å²) in [6, 6.07) is 22.0. The number of imidazole rings is 1. The molecule has 6 aromatic rings. The van der Waals surface area contributed by atoms with Gasteiger partial charge in [-0.05, 0) is 89.5 Å². The van der Waals surface area contributed by atoms with E-state index >= 15 is 0 Å². The number of carbonyl (C=O) groups excluding carboxylic acids is 1. The number of likely N-dealkylation sites (N-methyl/N-ethyl adjacent to an activating group) is 1. The SMILES string of the molecule is CN(C)/N=N/c1[nH]cnc1C(N)=O.CN1CCc2cccc3c2[C@H]1Cc1ccc(O)c(O)c1-3.COc1ccc(Cc2nccc3cc(OC)c(OC)cc23)cc1OC. The Labute approximate surface area is 336 Å². The van der Waals surface area contributed by atoms with E-state index in [0.29, 0.717) is 35.5 Å². The summed E-state index contributed by atoms with van der Waals surface area (Å²) in [5.41, 5.74) is 12.9. The number of rotatable bonds is 9. The number of nitrogens with two attached hydrogens (primary N) is 1. The van der Waals surface area contributed by atoms with Gasteiger partial charge < -0.3 is 39.9 Å². The summed E-state index contributed by atoms with van der Waals surface area (Å²) in [6.45, 7) is 1.07. The predicted octanol–water partition coefficient (Wildman–Crippen LogP) is 6.78. The second-order valence-electron chi connectivity index (χ2n) is 13.8. The highest BCUT2D eigenvalue weighted by atomic mass is 16.5. The maximum absolute atomic E-state index is 10.8. The summed E-state index contributed by atoms with van der Waals surface area (Å²) in [5.74, 6) is 2.43. The fourth-order valence-electron chi connectivity index (χ4n) is 7.24. The Bertz CT molecular complexity index is 2450. The lowest BCUT2D eigenvalue weighted by atomic mass is 9.77. The smallest absolute Gasteiger partial charge is 0.271 e. The number of aromatic nitrogens is 3. The molecule has 1 amide bonds. The fourth-order valence-corrected chi connectivity index (χ4v) is 7.24. The van der Waals surface area contributed by atoms with Gasteiger partial charge in [-0.2, -0.15) is 0 Å². The molecule has 0 saturated heterocycles. The van der Waals surface area contributed by atoms with Crippen molar-refractivity contribution in [3.05, 3.63) is 113 Å². The summed E-state index contributed by atoms with van der Waals surface area (Å²) in [7, 11) is 12.1. The highest BCUT2D eigenvalue weighted by Gasteiger charge is 2.34. The van der Waals surface area contributed by atoms with Gasteiger partial charge >= 0.3 is 0 Å². The Morgan fingerprint density at radius 1 is 0.914 bits per heavy atom. The van der Waals surface area contributed by atoms with Crippen LogP contribution in [0.3, 0.4) is 0 Å². The molecule has 1 aliphatic carbocycles. The van der Waals surface area contributed by atoms with Crippen molar-refractivity contribution in [1.29, 1.82) is 0 Å². The molecular formula is C43H48N8O7. The average Bonchev–Trinajstić information content (AvgIpc) is 3.72. The number of carbonyl (C=O) groups is 1. The molecule has 0 spiro atoms. The van der Waals surface area contributed by atoms with E-state index in [-0.39, 0.29) is 23.0 Å². The van der Waals surface area contributed by atoms with Gasteiger partial charge in [0.2, 0.25) is 0 Å². The molecule has 4 aromatic carbocycles. The number of aromatic hydroxyl groups is 2. The van der Waals surface area contributed by atoms with Gasteiger partial charge in [0.25, 0.3) is 5.91 Å². The van der Waals surface area contributed by atoms with Crippen molar-refractivity contribution in [3.63, 3.8) is 0 Å². The third kappa shape index (κ3) is 8.59. The molecule has 2 aliphatic rings. The van der Waals surface area contributed by atoms with E-state index in [2.05, 4.69) is 55.4 Å². The highest BCUT2D eigenvalue weighted by molar-refractivity contribution is 5.94. The number of hydrogen-bond acceptors (Lipinski definition) is 12. The van der Waals surface area contributed by atoms with Crippen LogP contribution in [0.5, 0.6) is 34.5 Å². The molecule has 15 nitrogen and oxygen atoms in total. The largest absolute Gasteiger partial charge is 0.504 e. The summed E-state index contributed by atoms with van der Waals surface area (Å²) < 4.78 is 21.5. The maximum Gasteiger partial charge on any atom is 0.271 e. The minimum absolute atomic E-state index is 0.0163. The molecule has 0 radical (unpaired) electrons. The van der Waals surface area contributed by atoms with Crippen LogP contribution in [0.2, 0.25) is 0 Å². The van der Waals surface area contributed by atoms with Crippen LogP contribution >= 0.6 is 0 Å². The molecule has 0 fully saturated rings. The van der Waals surface area contributed by atoms with Crippen molar-refractivity contribution in [2.45, 2.75) is 25.3 Å². The number of ether oxygens (including phenoxy) is 4. The van der Waals surface area contributed by atoms with Crippen LogP contribution in [0.15, 0.2) is 89.6 Å². The van der Waals surface area contributed by atoms with E-state index in [1.54, 1.807) is 48.6 Å². The number of aromatic amines is 1. The third-order valence-corrected chi connectivity index (χ3v) is 10.1. The molecule has 15 heteroatoms. The van der Waals surface area contributed by atoms with Crippen LogP contribution in [0.25, 0.3) is 21.9 Å². The molecule has 3 heterocycles. The van der Waals surface area contributed by atoms with E-state index in [0.717, 1.165) is 58.1 Å². The number of phenols is 2. The lowest BCUT2D eigenvalue weighted by Crippen LogP contribution is -2.35. The zero-order valence-electron chi connectivity index (χ0n) is 33.6. The van der Waals surface area contributed by atoms with Crippen LogP contribution in [0.4, 0.5) is 5.82 Å². The normalized spacial score (nSPS) is 13.9. The highest BCUT2D eigenvalue weighted by Crippen LogP contribution is 2.50. The molecule has 0 unspecified atom stereocenters. The van der Waals surface area contributed by atoms with Crippen molar-refractivity contribution < 1.29 is 34.0 Å². The zero-order valence-corrected chi connectivity index (χ0v) is 33.6. The number of phenolic OH excluding ortho intramolecular Hbond substituents is 2. The Kier molecular flexibility index (Phi) is 12.6. The van der Waals surface area contributed by atoms with Gasteiger partial charge in [0, 0.05) is 50.2 Å². The maximum atomic E-state index is 10.8. The number of benzene rings is 4. The van der Waals surface area contributed by atoms with E-state index in [4.69, 9.17) is 24.7 Å². The molecule has 0 saturated carbocycles. The monoisotopic (exact) mass is 788 g/mol. The second kappa shape index (κ2) is 17.9. The first-order valence-electron chi connectivity index (χ1n) is 18.5. The predicted molar refractivity (Wildman–Crippen MR) is 220 cm³/mol. The second-order valence-corrected chi connectivity index (χ2v) is 13.8. The van der Waals surface area contributed by atoms with Gasteiger partial charge in [0.1, 0.15) is 0 Å². The number of hydrogen-bond donors (Lipinski definition) is 4. The molecule has 302 valence electrons. The van der Waals surface area contributed by atoms with E-state index in [9.17, 15) is 15.0 Å². The lowest BCUT2D eigenvalue weighted by molar-refractivity contribution is 0.0996. The third-order valence-electron chi connectivity index (χ3n) is 10.1. The molecule has 0 bridgehead atoms. The van der Waals surface area contributed by atoms with Crippen LogP contribution < -0.4 is 24.7 Å². The van der Waals surface area contributed by atoms with Crippen molar-refractivity contribution in [1.82, 2.24) is 24.9 Å². The molecule has 5 N–H and O–H groups in total. The fraction of sp³-hybridized carbons (Fsp3) is 0.279. The summed E-state index contributed by atoms with van der Waals surface area (Å²) in [6.07, 6.45) is 5.76. The topological polar surface area (TPSA) is 193 Å².